The molecule has 2 unspecified atom stereocenters. The van der Waals surface area contributed by atoms with Gasteiger partial charge in [0.2, 0.25) is 5.92 Å². The van der Waals surface area contributed by atoms with Gasteiger partial charge in [-0.15, -0.1) is 6.58 Å². The zero-order valence-electron chi connectivity index (χ0n) is 8.89. The topological polar surface area (TPSA) is 52.0 Å². The van der Waals surface area contributed by atoms with Crippen LogP contribution in [-0.2, 0) is 0 Å². The van der Waals surface area contributed by atoms with E-state index >= 15 is 0 Å². The zero-order valence-corrected chi connectivity index (χ0v) is 8.89. The molecule has 2 atom stereocenters. The minimum Gasteiger partial charge on any atom is -0.330 e. The van der Waals surface area contributed by atoms with E-state index in [1.54, 1.807) is 6.08 Å². The molecule has 4 heteroatoms. The predicted octanol–water partition coefficient (Wildman–Crippen LogP) is 1.90. The smallest absolute Gasteiger partial charge is 0.246 e. The summed E-state index contributed by atoms with van der Waals surface area (Å²) in [5.41, 5.74) is 10.8. The van der Waals surface area contributed by atoms with E-state index in [-0.39, 0.29) is 13.0 Å². The van der Waals surface area contributed by atoms with Crippen LogP contribution >= 0.6 is 0 Å². The third kappa shape index (κ3) is 4.15. The minimum atomic E-state index is -2.74. The summed E-state index contributed by atoms with van der Waals surface area (Å²) in [6, 6.07) is -0.606. The Morgan fingerprint density at radius 1 is 1.43 bits per heavy atom. The molecule has 0 aromatic heterocycles. The summed E-state index contributed by atoms with van der Waals surface area (Å²) < 4.78 is 25.5. The Balaban J connectivity index is 4.45. The molecule has 0 saturated carbocycles. The second-order valence-electron chi connectivity index (χ2n) is 4.23. The second kappa shape index (κ2) is 4.84. The molecule has 0 aliphatic rings. The van der Waals surface area contributed by atoms with Crippen LogP contribution in [-0.4, -0.2) is 18.5 Å². The van der Waals surface area contributed by atoms with Gasteiger partial charge >= 0.3 is 0 Å². The molecule has 0 fully saturated rings. The Morgan fingerprint density at radius 2 is 1.93 bits per heavy atom. The first-order valence-electron chi connectivity index (χ1n) is 4.69. The number of hydrogen-bond acceptors (Lipinski definition) is 2. The lowest BCUT2D eigenvalue weighted by atomic mass is 9.77. The Bertz CT molecular complexity index is 189. The summed E-state index contributed by atoms with van der Waals surface area (Å²) >= 11 is 0. The van der Waals surface area contributed by atoms with Gasteiger partial charge in [0, 0.05) is 12.5 Å². The van der Waals surface area contributed by atoms with Crippen molar-refractivity contribution in [3.05, 3.63) is 12.7 Å². The third-order valence-corrected chi connectivity index (χ3v) is 2.55. The summed E-state index contributed by atoms with van der Waals surface area (Å²) in [7, 11) is 0. The molecule has 0 heterocycles. The molecule has 0 aromatic rings. The molecule has 4 N–H and O–H groups in total. The molecule has 0 bridgehead atoms. The molecule has 2 nitrogen and oxygen atoms in total. The highest BCUT2D eigenvalue weighted by molar-refractivity contribution is 4.93. The van der Waals surface area contributed by atoms with Crippen LogP contribution in [0.4, 0.5) is 8.78 Å². The number of halogens is 2. The number of alkyl halides is 2. The standard InChI is InChI=1S/C10H20F2N2/c1-4-5-9(2,7-13)8(14)6-10(3,11)12/h4,8H,1,5-7,13-14H2,2-3H3. The molecule has 0 aromatic carbocycles. The molecule has 0 aliphatic carbocycles. The van der Waals surface area contributed by atoms with Gasteiger partial charge in [-0.2, -0.15) is 0 Å². The summed E-state index contributed by atoms with van der Waals surface area (Å²) in [5.74, 6) is -2.74. The fourth-order valence-corrected chi connectivity index (χ4v) is 1.35. The lowest BCUT2D eigenvalue weighted by Crippen LogP contribution is -2.47. The van der Waals surface area contributed by atoms with Crippen LogP contribution in [0.25, 0.3) is 0 Å². The largest absolute Gasteiger partial charge is 0.330 e. The van der Waals surface area contributed by atoms with Crippen molar-refractivity contribution in [3.63, 3.8) is 0 Å². The molecular weight excluding hydrogens is 186 g/mol. The van der Waals surface area contributed by atoms with Crippen molar-refractivity contribution in [1.29, 1.82) is 0 Å². The van der Waals surface area contributed by atoms with E-state index in [4.69, 9.17) is 11.5 Å². The SMILES string of the molecule is C=CCC(C)(CN)C(N)CC(C)(F)F. The van der Waals surface area contributed by atoms with Gasteiger partial charge in [0.25, 0.3) is 0 Å². The lowest BCUT2D eigenvalue weighted by Gasteiger charge is -2.34. The van der Waals surface area contributed by atoms with E-state index in [0.717, 1.165) is 6.92 Å². The highest BCUT2D eigenvalue weighted by Gasteiger charge is 2.35. The number of rotatable bonds is 6. The summed E-state index contributed by atoms with van der Waals surface area (Å²) in [6.07, 6.45) is 1.88. The van der Waals surface area contributed by atoms with Crippen molar-refractivity contribution in [1.82, 2.24) is 0 Å². The van der Waals surface area contributed by atoms with Crippen molar-refractivity contribution in [2.75, 3.05) is 6.54 Å². The van der Waals surface area contributed by atoms with Crippen molar-refractivity contribution in [2.24, 2.45) is 16.9 Å². The van der Waals surface area contributed by atoms with Crippen LogP contribution < -0.4 is 11.5 Å². The Kier molecular flexibility index (Phi) is 4.68. The Morgan fingerprint density at radius 3 is 2.21 bits per heavy atom. The van der Waals surface area contributed by atoms with Gasteiger partial charge in [-0.05, 0) is 25.3 Å². The van der Waals surface area contributed by atoms with Gasteiger partial charge in [0.1, 0.15) is 0 Å². The third-order valence-electron chi connectivity index (χ3n) is 2.55. The molecule has 0 rings (SSSR count). The average Bonchev–Trinajstić information content (AvgIpc) is 2.01. The maximum atomic E-state index is 12.7. The van der Waals surface area contributed by atoms with E-state index in [2.05, 4.69) is 6.58 Å². The van der Waals surface area contributed by atoms with Crippen LogP contribution in [0.3, 0.4) is 0 Å². The highest BCUT2D eigenvalue weighted by atomic mass is 19.3. The number of nitrogens with two attached hydrogens (primary N) is 2. The maximum absolute atomic E-state index is 12.7. The summed E-state index contributed by atoms with van der Waals surface area (Å²) in [4.78, 5) is 0. The van der Waals surface area contributed by atoms with E-state index in [9.17, 15) is 8.78 Å². The maximum Gasteiger partial charge on any atom is 0.246 e. The van der Waals surface area contributed by atoms with E-state index in [0.29, 0.717) is 6.42 Å². The average molecular weight is 206 g/mol. The number of hydrogen-bond donors (Lipinski definition) is 2. The molecule has 0 radical (unpaired) electrons. The van der Waals surface area contributed by atoms with Crippen LogP contribution in [0, 0.1) is 5.41 Å². The summed E-state index contributed by atoms with van der Waals surface area (Å²) in [5, 5.41) is 0. The highest BCUT2D eigenvalue weighted by Crippen LogP contribution is 2.30. The molecule has 14 heavy (non-hydrogen) atoms. The monoisotopic (exact) mass is 206 g/mol. The van der Waals surface area contributed by atoms with Crippen molar-refractivity contribution in [2.45, 2.75) is 38.7 Å². The van der Waals surface area contributed by atoms with Crippen molar-refractivity contribution in [3.8, 4) is 0 Å². The first-order valence-corrected chi connectivity index (χ1v) is 4.69. The van der Waals surface area contributed by atoms with Gasteiger partial charge in [-0.3, -0.25) is 0 Å². The van der Waals surface area contributed by atoms with Crippen LogP contribution in [0.2, 0.25) is 0 Å². The van der Waals surface area contributed by atoms with E-state index in [1.165, 1.54) is 0 Å². The first kappa shape index (κ1) is 13.5. The van der Waals surface area contributed by atoms with Crippen molar-refractivity contribution >= 4 is 0 Å². The van der Waals surface area contributed by atoms with Crippen molar-refractivity contribution < 1.29 is 8.78 Å². The Hall–Kier alpha value is -0.480. The fraction of sp³-hybridized carbons (Fsp3) is 0.800. The molecule has 0 saturated heterocycles. The van der Waals surface area contributed by atoms with Crippen LogP contribution in [0.1, 0.15) is 26.7 Å². The molecular formula is C10H20F2N2. The zero-order chi connectivity index (χ0) is 11.4. The second-order valence-corrected chi connectivity index (χ2v) is 4.23. The minimum absolute atomic E-state index is 0.288. The number of allylic oxidation sites excluding steroid dienone is 1. The molecule has 0 spiro atoms. The lowest BCUT2D eigenvalue weighted by molar-refractivity contribution is -0.00707. The molecule has 84 valence electrons. The summed E-state index contributed by atoms with van der Waals surface area (Å²) in [6.45, 7) is 6.55. The fourth-order valence-electron chi connectivity index (χ4n) is 1.35. The normalized spacial score (nSPS) is 18.7. The van der Waals surface area contributed by atoms with Gasteiger partial charge in [0.05, 0.1) is 0 Å². The first-order chi connectivity index (χ1) is 6.25. The van der Waals surface area contributed by atoms with E-state index in [1.807, 2.05) is 6.92 Å². The van der Waals surface area contributed by atoms with Gasteiger partial charge in [-0.1, -0.05) is 13.0 Å². The van der Waals surface area contributed by atoms with Crippen LogP contribution in [0.15, 0.2) is 12.7 Å². The van der Waals surface area contributed by atoms with Gasteiger partial charge < -0.3 is 11.5 Å². The van der Waals surface area contributed by atoms with Crippen LogP contribution in [0.5, 0.6) is 0 Å². The molecule has 0 amide bonds. The molecule has 0 aliphatic heterocycles. The van der Waals surface area contributed by atoms with Gasteiger partial charge in [0.15, 0.2) is 0 Å². The predicted molar refractivity (Wildman–Crippen MR) is 55.2 cm³/mol. The van der Waals surface area contributed by atoms with E-state index < -0.39 is 17.4 Å². The van der Waals surface area contributed by atoms with Gasteiger partial charge in [-0.25, -0.2) is 8.78 Å². The quantitative estimate of drug-likeness (QED) is 0.652. The Labute approximate surface area is 84.3 Å².